The lowest BCUT2D eigenvalue weighted by atomic mass is 10.1. The van der Waals surface area contributed by atoms with Crippen LogP contribution < -0.4 is 10.5 Å². The highest BCUT2D eigenvalue weighted by Gasteiger charge is 2.26. The highest BCUT2D eigenvalue weighted by atomic mass is 32.2. The molecule has 0 atom stereocenters. The molecule has 7 heteroatoms. The highest BCUT2D eigenvalue weighted by Crippen LogP contribution is 2.10. The summed E-state index contributed by atoms with van der Waals surface area (Å²) in [5.74, 6) is 0.644. The van der Waals surface area contributed by atoms with Crippen LogP contribution in [0.15, 0.2) is 11.2 Å². The van der Waals surface area contributed by atoms with E-state index in [0.29, 0.717) is 12.2 Å². The van der Waals surface area contributed by atoms with Gasteiger partial charge in [-0.15, -0.1) is 0 Å². The van der Waals surface area contributed by atoms with Crippen LogP contribution in [0.5, 0.6) is 0 Å². The number of imidazole rings is 1. The fourth-order valence-corrected chi connectivity index (χ4v) is 2.48. The van der Waals surface area contributed by atoms with Gasteiger partial charge in [0, 0.05) is 18.5 Å². The predicted octanol–water partition coefficient (Wildman–Crippen LogP) is -0.0123. The first-order chi connectivity index (χ1) is 7.30. The zero-order valence-electron chi connectivity index (χ0n) is 9.74. The average Bonchev–Trinajstić information content (AvgIpc) is 2.65. The maximum atomic E-state index is 11.9. The molecule has 1 rings (SSSR count). The van der Waals surface area contributed by atoms with Gasteiger partial charge in [-0.25, -0.2) is 18.1 Å². The first-order valence-electron chi connectivity index (χ1n) is 5.08. The summed E-state index contributed by atoms with van der Waals surface area (Å²) < 4.78 is 26.3. The molecule has 0 saturated carbocycles. The summed E-state index contributed by atoms with van der Waals surface area (Å²) >= 11 is 0. The van der Waals surface area contributed by atoms with E-state index in [-0.39, 0.29) is 11.6 Å². The molecule has 0 spiro atoms. The van der Waals surface area contributed by atoms with E-state index < -0.39 is 15.6 Å². The Kier molecular flexibility index (Phi) is 3.72. The molecule has 0 aliphatic carbocycles. The summed E-state index contributed by atoms with van der Waals surface area (Å²) in [6, 6.07) is 0. The van der Waals surface area contributed by atoms with Crippen molar-refractivity contribution in [1.29, 1.82) is 0 Å². The Bertz CT molecular complexity index is 450. The molecule has 92 valence electrons. The molecular formula is C9H18N4O2S. The largest absolute Gasteiger partial charge is 0.332 e. The maximum Gasteiger partial charge on any atom is 0.258 e. The third-order valence-electron chi connectivity index (χ3n) is 2.15. The van der Waals surface area contributed by atoms with Gasteiger partial charge < -0.3 is 10.7 Å². The third kappa shape index (κ3) is 3.03. The first-order valence-corrected chi connectivity index (χ1v) is 6.57. The minimum Gasteiger partial charge on any atom is -0.332 e. The Morgan fingerprint density at radius 2 is 2.19 bits per heavy atom. The van der Waals surface area contributed by atoms with E-state index in [1.165, 1.54) is 6.20 Å². The zero-order valence-corrected chi connectivity index (χ0v) is 10.6. The molecule has 4 N–H and O–H groups in total. The number of H-pyrrole nitrogens is 1. The summed E-state index contributed by atoms with van der Waals surface area (Å²) in [6.07, 6.45) is 1.98. The van der Waals surface area contributed by atoms with Crippen molar-refractivity contribution in [2.75, 3.05) is 6.54 Å². The molecule has 0 saturated heterocycles. The van der Waals surface area contributed by atoms with Gasteiger partial charge in [0.05, 0.1) is 6.20 Å². The van der Waals surface area contributed by atoms with Gasteiger partial charge in [-0.05, 0) is 13.8 Å². The van der Waals surface area contributed by atoms with E-state index in [0.717, 1.165) is 0 Å². The van der Waals surface area contributed by atoms with Crippen molar-refractivity contribution < 1.29 is 8.42 Å². The molecule has 1 aromatic rings. The number of sulfonamides is 1. The van der Waals surface area contributed by atoms with Crippen LogP contribution in [0.2, 0.25) is 0 Å². The number of aromatic amines is 1. The van der Waals surface area contributed by atoms with Crippen LogP contribution in [0.25, 0.3) is 0 Å². The Balaban J connectivity index is 2.94. The quantitative estimate of drug-likeness (QED) is 0.680. The van der Waals surface area contributed by atoms with Gasteiger partial charge in [-0.2, -0.15) is 0 Å². The van der Waals surface area contributed by atoms with Crippen LogP contribution in [-0.2, 0) is 16.4 Å². The van der Waals surface area contributed by atoms with Crippen molar-refractivity contribution in [1.82, 2.24) is 14.7 Å². The fraction of sp³-hybridized carbons (Fsp3) is 0.667. The second-order valence-electron chi connectivity index (χ2n) is 4.24. The molecule has 0 unspecified atom stereocenters. The fourth-order valence-electron chi connectivity index (χ4n) is 1.12. The van der Waals surface area contributed by atoms with E-state index >= 15 is 0 Å². The second kappa shape index (κ2) is 4.52. The molecule has 0 radical (unpaired) electrons. The maximum absolute atomic E-state index is 11.9. The minimum atomic E-state index is -3.57. The van der Waals surface area contributed by atoms with Crippen LogP contribution >= 0.6 is 0 Å². The summed E-state index contributed by atoms with van der Waals surface area (Å²) in [6.45, 7) is 5.57. The normalized spacial score (nSPS) is 13.0. The molecule has 1 heterocycles. The standard InChI is InChI=1S/C9H18N4O2S/c1-4-7-11-5-8(12-7)16(14,15)13-9(2,3)6-10/h5,13H,4,6,10H2,1-3H3,(H,11,12). The van der Waals surface area contributed by atoms with Crippen molar-refractivity contribution in [3.63, 3.8) is 0 Å². The van der Waals surface area contributed by atoms with Gasteiger partial charge in [0.25, 0.3) is 10.0 Å². The molecule has 1 aromatic heterocycles. The van der Waals surface area contributed by atoms with E-state index in [1.807, 2.05) is 6.92 Å². The average molecular weight is 246 g/mol. The molecule has 0 aromatic carbocycles. The predicted molar refractivity (Wildman–Crippen MR) is 61.4 cm³/mol. The van der Waals surface area contributed by atoms with E-state index in [4.69, 9.17) is 5.73 Å². The molecule has 0 aliphatic rings. The minimum absolute atomic E-state index is 0.0749. The smallest absolute Gasteiger partial charge is 0.258 e. The summed E-state index contributed by atoms with van der Waals surface area (Å²) in [7, 11) is -3.57. The van der Waals surface area contributed by atoms with Crippen LogP contribution in [0, 0.1) is 0 Å². The summed E-state index contributed by atoms with van der Waals surface area (Å²) in [5, 5.41) is 0.0749. The molecule has 16 heavy (non-hydrogen) atoms. The Morgan fingerprint density at radius 3 is 2.62 bits per heavy atom. The number of hydrogen-bond acceptors (Lipinski definition) is 4. The van der Waals surface area contributed by atoms with E-state index in [9.17, 15) is 8.42 Å². The number of aromatic nitrogens is 2. The SMILES string of the molecule is CCc1ncc(S(=O)(=O)NC(C)(C)CN)[nH]1. The Labute approximate surface area is 95.7 Å². The summed E-state index contributed by atoms with van der Waals surface area (Å²) in [4.78, 5) is 6.70. The highest BCUT2D eigenvalue weighted by molar-refractivity contribution is 7.89. The number of rotatable bonds is 5. The monoisotopic (exact) mass is 246 g/mol. The number of aryl methyl sites for hydroxylation is 1. The summed E-state index contributed by atoms with van der Waals surface area (Å²) in [5.41, 5.74) is 4.80. The van der Waals surface area contributed by atoms with Gasteiger partial charge in [0.2, 0.25) is 0 Å². The van der Waals surface area contributed by atoms with Crippen molar-refractivity contribution in [3.8, 4) is 0 Å². The van der Waals surface area contributed by atoms with Crippen molar-refractivity contribution in [2.45, 2.75) is 37.8 Å². The van der Waals surface area contributed by atoms with Gasteiger partial charge in [0.15, 0.2) is 5.03 Å². The molecule has 6 nitrogen and oxygen atoms in total. The van der Waals surface area contributed by atoms with Crippen molar-refractivity contribution >= 4 is 10.0 Å². The van der Waals surface area contributed by atoms with Crippen LogP contribution in [-0.4, -0.2) is 30.5 Å². The lowest BCUT2D eigenvalue weighted by Crippen LogP contribution is -2.48. The lowest BCUT2D eigenvalue weighted by Gasteiger charge is -2.23. The lowest BCUT2D eigenvalue weighted by molar-refractivity contribution is 0.461. The van der Waals surface area contributed by atoms with Gasteiger partial charge in [0.1, 0.15) is 5.82 Å². The van der Waals surface area contributed by atoms with Gasteiger partial charge in [-0.1, -0.05) is 6.92 Å². The van der Waals surface area contributed by atoms with Crippen molar-refractivity contribution in [2.24, 2.45) is 5.73 Å². The van der Waals surface area contributed by atoms with Crippen molar-refractivity contribution in [3.05, 3.63) is 12.0 Å². The molecule has 0 bridgehead atoms. The number of hydrogen-bond donors (Lipinski definition) is 3. The topological polar surface area (TPSA) is 101 Å². The number of nitrogens with one attached hydrogen (secondary N) is 2. The van der Waals surface area contributed by atoms with Gasteiger partial charge in [-0.3, -0.25) is 0 Å². The molecule has 0 aliphatic heterocycles. The molecule has 0 amide bonds. The van der Waals surface area contributed by atoms with Gasteiger partial charge >= 0.3 is 0 Å². The third-order valence-corrected chi connectivity index (χ3v) is 3.76. The van der Waals surface area contributed by atoms with E-state index in [2.05, 4.69) is 14.7 Å². The zero-order chi connectivity index (χ0) is 12.4. The number of nitrogens with two attached hydrogens (primary N) is 1. The number of nitrogens with zero attached hydrogens (tertiary/aromatic N) is 1. The Morgan fingerprint density at radius 1 is 1.56 bits per heavy atom. The van der Waals surface area contributed by atoms with Crippen LogP contribution in [0.3, 0.4) is 0 Å². The first kappa shape index (κ1) is 13.1. The Hall–Kier alpha value is -0.920. The molecule has 0 fully saturated rings. The van der Waals surface area contributed by atoms with Crippen LogP contribution in [0.4, 0.5) is 0 Å². The van der Waals surface area contributed by atoms with E-state index in [1.54, 1.807) is 13.8 Å². The molecular weight excluding hydrogens is 228 g/mol. The second-order valence-corrected chi connectivity index (χ2v) is 5.89. The van der Waals surface area contributed by atoms with Crippen LogP contribution in [0.1, 0.15) is 26.6 Å².